The first kappa shape index (κ1) is 16.1. The van der Waals surface area contributed by atoms with Gasteiger partial charge in [-0.2, -0.15) is 0 Å². The zero-order valence-corrected chi connectivity index (χ0v) is 11.9. The Bertz CT molecular complexity index is 623. The highest BCUT2D eigenvalue weighted by Gasteiger charge is 2.22. The average molecular weight is 301 g/mol. The molecule has 0 unspecified atom stereocenters. The minimum Gasteiger partial charge on any atom is -0.462 e. The van der Waals surface area contributed by atoms with Gasteiger partial charge in [0.1, 0.15) is 0 Å². The number of hydrogen-bond acceptors (Lipinski definition) is 6. The first-order valence-corrected chi connectivity index (χ1v) is 7.37. The summed E-state index contributed by atoms with van der Waals surface area (Å²) in [6, 6.07) is 3.30. The van der Waals surface area contributed by atoms with Crippen molar-refractivity contribution in [1.29, 1.82) is 0 Å². The molecule has 0 spiro atoms. The normalized spacial score (nSPS) is 10.9. The Morgan fingerprint density at radius 1 is 1.05 bits per heavy atom. The molecule has 0 amide bonds. The largest absolute Gasteiger partial charge is 0.462 e. The number of rotatable bonds is 5. The molecule has 0 saturated carbocycles. The standard InChI is InChI=1S/C12H15NO6S/c1-3-18-11(14)9-6-5-8(20(13,16)17)7-10(9)12(15)19-4-2/h5-7H,3-4H2,1-2H3,(H2,13,16,17). The van der Waals surface area contributed by atoms with Crippen LogP contribution >= 0.6 is 0 Å². The van der Waals surface area contributed by atoms with Crippen molar-refractivity contribution in [3.63, 3.8) is 0 Å². The minimum atomic E-state index is -3.99. The molecule has 0 saturated heterocycles. The summed E-state index contributed by atoms with van der Waals surface area (Å²) in [5.41, 5.74) is -0.269. The van der Waals surface area contributed by atoms with Gasteiger partial charge in [-0.1, -0.05) is 0 Å². The molecule has 0 radical (unpaired) electrons. The van der Waals surface area contributed by atoms with Gasteiger partial charge in [-0.3, -0.25) is 0 Å². The van der Waals surface area contributed by atoms with Crippen molar-refractivity contribution in [3.8, 4) is 0 Å². The topological polar surface area (TPSA) is 113 Å². The van der Waals surface area contributed by atoms with Crippen molar-refractivity contribution in [2.45, 2.75) is 18.7 Å². The molecule has 0 aromatic heterocycles. The maximum absolute atomic E-state index is 11.8. The van der Waals surface area contributed by atoms with Crippen LogP contribution in [0.15, 0.2) is 23.1 Å². The Balaban J connectivity index is 3.38. The molecule has 0 bridgehead atoms. The van der Waals surface area contributed by atoms with Crippen molar-refractivity contribution in [1.82, 2.24) is 0 Å². The number of ether oxygens (including phenoxy) is 2. The van der Waals surface area contributed by atoms with Gasteiger partial charge in [-0.25, -0.2) is 23.1 Å². The predicted molar refractivity (Wildman–Crippen MR) is 69.7 cm³/mol. The summed E-state index contributed by atoms with van der Waals surface area (Å²) in [7, 11) is -3.99. The Hall–Kier alpha value is -1.93. The monoisotopic (exact) mass is 301 g/mol. The molecule has 8 heteroatoms. The molecule has 0 aliphatic rings. The van der Waals surface area contributed by atoms with Crippen LogP contribution in [0.25, 0.3) is 0 Å². The highest BCUT2D eigenvalue weighted by Crippen LogP contribution is 2.17. The third kappa shape index (κ3) is 3.78. The fourth-order valence-electron chi connectivity index (χ4n) is 1.46. The number of sulfonamides is 1. The second-order valence-corrected chi connectivity index (χ2v) is 5.25. The second kappa shape index (κ2) is 6.49. The molecule has 0 aliphatic heterocycles. The third-order valence-electron chi connectivity index (χ3n) is 2.31. The van der Waals surface area contributed by atoms with E-state index in [0.29, 0.717) is 0 Å². The molecule has 0 fully saturated rings. The van der Waals surface area contributed by atoms with E-state index in [0.717, 1.165) is 12.1 Å². The van der Waals surface area contributed by atoms with Crippen LogP contribution in [0, 0.1) is 0 Å². The lowest BCUT2D eigenvalue weighted by atomic mass is 10.1. The number of nitrogens with two attached hydrogens (primary N) is 1. The van der Waals surface area contributed by atoms with Crippen LogP contribution in [0.3, 0.4) is 0 Å². The fourth-order valence-corrected chi connectivity index (χ4v) is 2.00. The molecule has 0 heterocycles. The summed E-state index contributed by atoms with van der Waals surface area (Å²) in [4.78, 5) is 23.2. The highest BCUT2D eigenvalue weighted by atomic mass is 32.2. The zero-order valence-electron chi connectivity index (χ0n) is 11.1. The van der Waals surface area contributed by atoms with Crippen molar-refractivity contribution in [2.75, 3.05) is 13.2 Å². The van der Waals surface area contributed by atoms with Crippen LogP contribution in [0.1, 0.15) is 34.6 Å². The number of carbonyl (C=O) groups excluding carboxylic acids is 2. The van der Waals surface area contributed by atoms with Crippen LogP contribution in [0.2, 0.25) is 0 Å². The Labute approximate surface area is 116 Å². The lowest BCUT2D eigenvalue weighted by Gasteiger charge is -2.09. The van der Waals surface area contributed by atoms with Crippen LogP contribution in [-0.2, 0) is 19.5 Å². The predicted octanol–water partition coefficient (Wildman–Crippen LogP) is 0.687. The van der Waals surface area contributed by atoms with Gasteiger partial charge in [0, 0.05) is 0 Å². The molecule has 0 aliphatic carbocycles. The second-order valence-electron chi connectivity index (χ2n) is 3.69. The minimum absolute atomic E-state index is 0.0716. The van der Waals surface area contributed by atoms with Gasteiger partial charge in [-0.05, 0) is 32.0 Å². The van der Waals surface area contributed by atoms with E-state index in [4.69, 9.17) is 14.6 Å². The van der Waals surface area contributed by atoms with E-state index in [1.165, 1.54) is 6.07 Å². The molecule has 1 rings (SSSR count). The summed E-state index contributed by atoms with van der Waals surface area (Å²) >= 11 is 0. The molecular formula is C12H15NO6S. The fraction of sp³-hybridized carbons (Fsp3) is 0.333. The van der Waals surface area contributed by atoms with Crippen molar-refractivity contribution in [2.24, 2.45) is 5.14 Å². The molecule has 0 atom stereocenters. The van der Waals surface area contributed by atoms with Gasteiger partial charge in [0.25, 0.3) is 0 Å². The van der Waals surface area contributed by atoms with Gasteiger partial charge in [-0.15, -0.1) is 0 Å². The molecule has 20 heavy (non-hydrogen) atoms. The molecule has 1 aromatic carbocycles. The number of hydrogen-bond donors (Lipinski definition) is 1. The number of carbonyl (C=O) groups is 2. The van der Waals surface area contributed by atoms with Gasteiger partial charge in [0.2, 0.25) is 10.0 Å². The van der Waals surface area contributed by atoms with Gasteiger partial charge >= 0.3 is 11.9 Å². The SMILES string of the molecule is CCOC(=O)c1ccc(S(N)(=O)=O)cc1C(=O)OCC. The van der Waals surface area contributed by atoms with Crippen LogP contribution in [0.4, 0.5) is 0 Å². The number of esters is 2. The summed E-state index contributed by atoms with van der Waals surface area (Å²) < 4.78 is 32.1. The molecule has 1 aromatic rings. The molecular weight excluding hydrogens is 286 g/mol. The zero-order chi connectivity index (χ0) is 15.3. The summed E-state index contributed by atoms with van der Waals surface area (Å²) in [6.45, 7) is 3.41. The van der Waals surface area contributed by atoms with E-state index >= 15 is 0 Å². The third-order valence-corrected chi connectivity index (χ3v) is 3.22. The first-order chi connectivity index (χ1) is 9.31. The summed E-state index contributed by atoms with van der Waals surface area (Å²) in [5.74, 6) is -1.56. The van der Waals surface area contributed by atoms with Gasteiger partial charge in [0.15, 0.2) is 0 Å². The quantitative estimate of drug-likeness (QED) is 0.800. The van der Waals surface area contributed by atoms with E-state index in [9.17, 15) is 18.0 Å². The van der Waals surface area contributed by atoms with Gasteiger partial charge in [0.05, 0.1) is 29.2 Å². The molecule has 110 valence electrons. The maximum Gasteiger partial charge on any atom is 0.339 e. The lowest BCUT2D eigenvalue weighted by Crippen LogP contribution is -2.17. The summed E-state index contributed by atoms with van der Waals surface area (Å²) in [5, 5.41) is 4.99. The Morgan fingerprint density at radius 3 is 2.00 bits per heavy atom. The van der Waals surface area contributed by atoms with Crippen molar-refractivity contribution < 1.29 is 27.5 Å². The van der Waals surface area contributed by atoms with Crippen molar-refractivity contribution >= 4 is 22.0 Å². The number of primary sulfonamides is 1. The molecule has 2 N–H and O–H groups in total. The molecule has 7 nitrogen and oxygen atoms in total. The first-order valence-electron chi connectivity index (χ1n) is 5.82. The van der Waals surface area contributed by atoms with E-state index in [-0.39, 0.29) is 29.2 Å². The van der Waals surface area contributed by atoms with Crippen LogP contribution < -0.4 is 5.14 Å². The smallest absolute Gasteiger partial charge is 0.339 e. The lowest BCUT2D eigenvalue weighted by molar-refractivity contribution is 0.0478. The van der Waals surface area contributed by atoms with Crippen molar-refractivity contribution in [3.05, 3.63) is 29.3 Å². The van der Waals surface area contributed by atoms with E-state index in [2.05, 4.69) is 0 Å². The average Bonchev–Trinajstić information content (AvgIpc) is 2.37. The highest BCUT2D eigenvalue weighted by molar-refractivity contribution is 7.89. The maximum atomic E-state index is 11.8. The van der Waals surface area contributed by atoms with Crippen LogP contribution in [-0.4, -0.2) is 33.6 Å². The van der Waals surface area contributed by atoms with Gasteiger partial charge < -0.3 is 9.47 Å². The Morgan fingerprint density at radius 2 is 1.55 bits per heavy atom. The number of benzene rings is 1. The Kier molecular flexibility index (Phi) is 5.23. The van der Waals surface area contributed by atoms with E-state index in [1.54, 1.807) is 13.8 Å². The van der Waals surface area contributed by atoms with Crippen LogP contribution in [0.5, 0.6) is 0 Å². The summed E-state index contributed by atoms with van der Waals surface area (Å²) in [6.07, 6.45) is 0. The van der Waals surface area contributed by atoms with E-state index in [1.807, 2.05) is 0 Å². The van der Waals surface area contributed by atoms with E-state index < -0.39 is 22.0 Å².